The molecular weight excluding hydrogens is 250 g/mol. The molecular formula is C17H27NO2. The first-order valence-corrected chi connectivity index (χ1v) is 7.86. The van der Waals surface area contributed by atoms with Gasteiger partial charge in [0.2, 0.25) is 0 Å². The Hall–Kier alpha value is -0.900. The molecule has 0 aromatic heterocycles. The molecule has 1 aliphatic heterocycles. The summed E-state index contributed by atoms with van der Waals surface area (Å²) in [6.07, 6.45) is 3.56. The Kier molecular flexibility index (Phi) is 6.51. The maximum absolute atomic E-state index is 5.90. The Morgan fingerprint density at radius 2 is 2.15 bits per heavy atom. The van der Waals surface area contributed by atoms with Crippen LogP contribution in [0.3, 0.4) is 0 Å². The third-order valence-corrected chi connectivity index (χ3v) is 3.68. The third kappa shape index (κ3) is 4.30. The summed E-state index contributed by atoms with van der Waals surface area (Å²) in [6, 6.07) is 9.11. The summed E-state index contributed by atoms with van der Waals surface area (Å²) >= 11 is 0. The summed E-state index contributed by atoms with van der Waals surface area (Å²) in [5.74, 6) is 0. The SMILES string of the molecule is CCCNC(c1cccc(CCC)c1)C1COCCO1. The second-order valence-electron chi connectivity index (χ2n) is 5.41. The molecule has 1 aliphatic rings. The van der Waals surface area contributed by atoms with Crippen molar-refractivity contribution >= 4 is 0 Å². The minimum atomic E-state index is 0.118. The predicted octanol–water partition coefficient (Wildman–Crippen LogP) is 3.10. The molecule has 1 heterocycles. The highest BCUT2D eigenvalue weighted by molar-refractivity contribution is 5.27. The molecule has 2 atom stereocenters. The summed E-state index contributed by atoms with van der Waals surface area (Å²) in [6.45, 7) is 7.51. The highest BCUT2D eigenvalue weighted by atomic mass is 16.6. The van der Waals surface area contributed by atoms with Crippen molar-refractivity contribution in [3.63, 3.8) is 0 Å². The van der Waals surface area contributed by atoms with E-state index in [9.17, 15) is 0 Å². The van der Waals surface area contributed by atoms with Gasteiger partial charge in [-0.05, 0) is 30.5 Å². The molecule has 2 unspecified atom stereocenters. The van der Waals surface area contributed by atoms with Crippen molar-refractivity contribution in [1.82, 2.24) is 5.32 Å². The first-order valence-electron chi connectivity index (χ1n) is 7.86. The van der Waals surface area contributed by atoms with Crippen LogP contribution in [0.4, 0.5) is 0 Å². The summed E-state index contributed by atoms with van der Waals surface area (Å²) in [4.78, 5) is 0. The van der Waals surface area contributed by atoms with E-state index in [0.717, 1.165) is 19.4 Å². The van der Waals surface area contributed by atoms with E-state index in [4.69, 9.17) is 9.47 Å². The maximum atomic E-state index is 5.90. The van der Waals surface area contributed by atoms with Gasteiger partial charge in [-0.2, -0.15) is 0 Å². The van der Waals surface area contributed by atoms with Crippen molar-refractivity contribution in [3.05, 3.63) is 35.4 Å². The van der Waals surface area contributed by atoms with E-state index in [2.05, 4.69) is 43.4 Å². The van der Waals surface area contributed by atoms with Crippen LogP contribution in [0, 0.1) is 0 Å². The Morgan fingerprint density at radius 3 is 2.85 bits per heavy atom. The third-order valence-electron chi connectivity index (χ3n) is 3.68. The van der Waals surface area contributed by atoms with E-state index < -0.39 is 0 Å². The zero-order chi connectivity index (χ0) is 14.2. The van der Waals surface area contributed by atoms with Crippen molar-refractivity contribution < 1.29 is 9.47 Å². The molecule has 1 aromatic rings. The molecule has 0 amide bonds. The fourth-order valence-corrected chi connectivity index (χ4v) is 2.69. The Labute approximate surface area is 122 Å². The average Bonchev–Trinajstić information content (AvgIpc) is 2.50. The van der Waals surface area contributed by atoms with E-state index in [-0.39, 0.29) is 12.1 Å². The number of ether oxygens (including phenoxy) is 2. The minimum Gasteiger partial charge on any atom is -0.376 e. The number of rotatable bonds is 7. The van der Waals surface area contributed by atoms with Crippen LogP contribution < -0.4 is 5.32 Å². The van der Waals surface area contributed by atoms with Crippen LogP contribution in [0.5, 0.6) is 0 Å². The second-order valence-corrected chi connectivity index (χ2v) is 5.41. The lowest BCUT2D eigenvalue weighted by Gasteiger charge is -2.31. The Balaban J connectivity index is 2.13. The van der Waals surface area contributed by atoms with Crippen LogP contribution in [-0.2, 0) is 15.9 Å². The summed E-state index contributed by atoms with van der Waals surface area (Å²) in [5.41, 5.74) is 2.73. The molecule has 0 aliphatic carbocycles. The first-order chi connectivity index (χ1) is 9.85. The van der Waals surface area contributed by atoms with Crippen LogP contribution in [0.1, 0.15) is 43.9 Å². The average molecular weight is 277 g/mol. The molecule has 2 rings (SSSR count). The minimum absolute atomic E-state index is 0.118. The smallest absolute Gasteiger partial charge is 0.100 e. The maximum Gasteiger partial charge on any atom is 0.100 e. The van der Waals surface area contributed by atoms with Crippen LogP contribution >= 0.6 is 0 Å². The van der Waals surface area contributed by atoms with Gasteiger partial charge in [-0.25, -0.2) is 0 Å². The van der Waals surface area contributed by atoms with Gasteiger partial charge in [0.25, 0.3) is 0 Å². The van der Waals surface area contributed by atoms with Crippen molar-refractivity contribution in [2.75, 3.05) is 26.4 Å². The van der Waals surface area contributed by atoms with Crippen molar-refractivity contribution in [2.24, 2.45) is 0 Å². The van der Waals surface area contributed by atoms with Gasteiger partial charge in [0.15, 0.2) is 0 Å². The topological polar surface area (TPSA) is 30.5 Å². The van der Waals surface area contributed by atoms with Crippen LogP contribution in [0.25, 0.3) is 0 Å². The van der Waals surface area contributed by atoms with E-state index in [0.29, 0.717) is 19.8 Å². The van der Waals surface area contributed by atoms with Gasteiger partial charge in [0.1, 0.15) is 6.10 Å². The van der Waals surface area contributed by atoms with Crippen LogP contribution in [0.15, 0.2) is 24.3 Å². The van der Waals surface area contributed by atoms with Gasteiger partial charge in [0.05, 0.1) is 25.9 Å². The molecule has 3 heteroatoms. The van der Waals surface area contributed by atoms with E-state index >= 15 is 0 Å². The number of hydrogen-bond acceptors (Lipinski definition) is 3. The summed E-state index contributed by atoms with van der Waals surface area (Å²) in [7, 11) is 0. The zero-order valence-electron chi connectivity index (χ0n) is 12.7. The lowest BCUT2D eigenvalue weighted by molar-refractivity contribution is -0.102. The number of benzene rings is 1. The van der Waals surface area contributed by atoms with Gasteiger partial charge < -0.3 is 14.8 Å². The molecule has 1 N–H and O–H groups in total. The molecule has 0 saturated carbocycles. The quantitative estimate of drug-likeness (QED) is 0.831. The first kappa shape index (κ1) is 15.5. The second kappa shape index (κ2) is 8.40. The van der Waals surface area contributed by atoms with Crippen LogP contribution in [-0.4, -0.2) is 32.5 Å². The summed E-state index contributed by atoms with van der Waals surface area (Å²) < 4.78 is 11.5. The molecule has 112 valence electrons. The standard InChI is InChI=1S/C17H27NO2/c1-3-6-14-7-5-8-15(12-14)17(18-9-4-2)16-13-19-10-11-20-16/h5,7-8,12,16-18H,3-4,6,9-11,13H2,1-2H3. The normalized spacial score (nSPS) is 20.8. The fraction of sp³-hybridized carbons (Fsp3) is 0.647. The lowest BCUT2D eigenvalue weighted by atomic mass is 9.97. The number of aryl methyl sites for hydroxylation is 1. The van der Waals surface area contributed by atoms with E-state index in [1.807, 2.05) is 0 Å². The fourth-order valence-electron chi connectivity index (χ4n) is 2.69. The Bertz CT molecular complexity index is 388. The molecule has 0 radical (unpaired) electrons. The van der Waals surface area contributed by atoms with Crippen molar-refractivity contribution in [3.8, 4) is 0 Å². The largest absolute Gasteiger partial charge is 0.376 e. The van der Waals surface area contributed by atoms with Gasteiger partial charge in [0, 0.05) is 0 Å². The number of hydrogen-bond donors (Lipinski definition) is 1. The Morgan fingerprint density at radius 1 is 1.25 bits per heavy atom. The predicted molar refractivity (Wildman–Crippen MR) is 82.0 cm³/mol. The van der Waals surface area contributed by atoms with E-state index in [1.165, 1.54) is 17.5 Å². The van der Waals surface area contributed by atoms with Gasteiger partial charge >= 0.3 is 0 Å². The molecule has 20 heavy (non-hydrogen) atoms. The summed E-state index contributed by atoms with van der Waals surface area (Å²) in [5, 5.41) is 3.62. The van der Waals surface area contributed by atoms with Crippen molar-refractivity contribution in [2.45, 2.75) is 45.3 Å². The van der Waals surface area contributed by atoms with Gasteiger partial charge in [-0.15, -0.1) is 0 Å². The zero-order valence-corrected chi connectivity index (χ0v) is 12.7. The highest BCUT2D eigenvalue weighted by Crippen LogP contribution is 2.23. The molecule has 3 nitrogen and oxygen atoms in total. The molecule has 1 fully saturated rings. The highest BCUT2D eigenvalue weighted by Gasteiger charge is 2.26. The monoisotopic (exact) mass is 277 g/mol. The molecule has 1 aromatic carbocycles. The van der Waals surface area contributed by atoms with E-state index in [1.54, 1.807) is 0 Å². The molecule has 0 bridgehead atoms. The molecule has 0 spiro atoms. The lowest BCUT2D eigenvalue weighted by Crippen LogP contribution is -2.40. The number of nitrogens with one attached hydrogen (secondary N) is 1. The van der Waals surface area contributed by atoms with Gasteiger partial charge in [-0.3, -0.25) is 0 Å². The van der Waals surface area contributed by atoms with Gasteiger partial charge in [-0.1, -0.05) is 44.5 Å². The van der Waals surface area contributed by atoms with Crippen LogP contribution in [0.2, 0.25) is 0 Å². The molecule has 1 saturated heterocycles. The van der Waals surface area contributed by atoms with Crippen molar-refractivity contribution in [1.29, 1.82) is 0 Å².